The van der Waals surface area contributed by atoms with Crippen LogP contribution in [0.4, 0.5) is 22.0 Å². The van der Waals surface area contributed by atoms with Gasteiger partial charge in [0.1, 0.15) is 63.6 Å². The van der Waals surface area contributed by atoms with Gasteiger partial charge in [-0.3, -0.25) is 0 Å². The molecule has 14 heteroatoms. The fourth-order valence-corrected chi connectivity index (χ4v) is 25.8. The first kappa shape index (κ1) is 59.1. The number of ether oxygens (including phenoxy) is 3. The molecule has 16 aromatic rings. The Bertz CT molecular complexity index is 5540. The lowest BCUT2D eigenvalue weighted by Gasteiger charge is -2.32. The number of benzene rings is 16. The zero-order valence-corrected chi connectivity index (χ0v) is 54.8. The summed E-state index contributed by atoms with van der Waals surface area (Å²) in [4.78, 5) is 0. The van der Waals surface area contributed by atoms with Gasteiger partial charge in [-0.05, 0) is 226 Å². The molecule has 0 N–H and O–H groups in total. The minimum absolute atomic E-state index is 0.0814. The molecule has 3 aliphatic rings. The van der Waals surface area contributed by atoms with E-state index in [1.165, 1.54) is 91.0 Å². The predicted octanol–water partition coefficient (Wildman–Crippen LogP) is 19.8. The van der Waals surface area contributed by atoms with Gasteiger partial charge in [-0.2, -0.15) is 0 Å². The Kier molecular flexibility index (Phi) is 12.9. The first-order valence-electron chi connectivity index (χ1n) is 32.1. The molecule has 1 atom stereocenters. The highest BCUT2D eigenvalue weighted by Crippen LogP contribution is 2.60. The van der Waals surface area contributed by atoms with E-state index in [9.17, 15) is 0 Å². The molecule has 0 saturated carbocycles. The van der Waals surface area contributed by atoms with Crippen LogP contribution >= 0.6 is 21.4 Å². The SMILES string of the molecule is Cc1ccc2c(c1)P(=O)(c1c3ccccc3c(-c3cc(-c4c5ccccc5c(P5(=O)c6cc(F)ccc6Oc6ccc(F)cc65)c5ccccc45)cc(-c4c5ccccc5c(P5(=O)c6cc(F)ccc6Oc6ccc(F)cc65)c5ccccc45)c3)c3ccccc13)c1cc(F)ccc1O2. The molecule has 0 aliphatic carbocycles. The van der Waals surface area contributed by atoms with Crippen molar-refractivity contribution in [3.63, 3.8) is 0 Å². The molecule has 16 aromatic carbocycles. The maximum atomic E-state index is 17.3. The maximum absolute atomic E-state index is 17.3. The molecule has 0 bridgehead atoms. The topological polar surface area (TPSA) is 78.9 Å². The van der Waals surface area contributed by atoms with Crippen molar-refractivity contribution >= 4 is 134 Å². The highest BCUT2D eigenvalue weighted by molar-refractivity contribution is 7.87. The minimum Gasteiger partial charge on any atom is -0.456 e. The van der Waals surface area contributed by atoms with Gasteiger partial charge in [-0.25, -0.2) is 22.0 Å². The van der Waals surface area contributed by atoms with Gasteiger partial charge in [0.25, 0.3) is 0 Å². The van der Waals surface area contributed by atoms with Crippen molar-refractivity contribution in [2.24, 2.45) is 0 Å². The summed E-state index contributed by atoms with van der Waals surface area (Å²) in [6.45, 7) is 1.92. The van der Waals surface area contributed by atoms with E-state index in [0.29, 0.717) is 97.5 Å². The van der Waals surface area contributed by atoms with Crippen LogP contribution in [0.5, 0.6) is 34.5 Å². The summed E-state index contributed by atoms with van der Waals surface area (Å²) in [5, 5.41) is 9.83. The molecule has 3 heterocycles. The summed E-state index contributed by atoms with van der Waals surface area (Å²) in [5.41, 5.74) is 5.14. The van der Waals surface area contributed by atoms with E-state index in [2.05, 4.69) is 18.2 Å². The second-order valence-corrected chi connectivity index (χ2v) is 33.3. The monoisotopic (exact) mass is 1350 g/mol. The molecule has 0 amide bonds. The van der Waals surface area contributed by atoms with Crippen molar-refractivity contribution < 1.29 is 49.9 Å². The van der Waals surface area contributed by atoms with Gasteiger partial charge in [0, 0.05) is 15.9 Å². The third kappa shape index (κ3) is 8.52. The summed E-state index contributed by atoms with van der Waals surface area (Å²) in [5.74, 6) is -1.77. The Hall–Kier alpha value is -11.2. The third-order valence-corrected chi connectivity index (χ3v) is 29.4. The average molecular weight is 1350 g/mol. The number of rotatable bonds is 6. The molecule has 0 aromatic heterocycles. The van der Waals surface area contributed by atoms with E-state index in [1.54, 1.807) is 0 Å². The third-order valence-electron chi connectivity index (χ3n) is 19.9. The smallest absolute Gasteiger partial charge is 0.179 e. The van der Waals surface area contributed by atoms with E-state index in [4.69, 9.17) is 14.2 Å². The van der Waals surface area contributed by atoms with Crippen LogP contribution in [0.15, 0.2) is 273 Å². The second kappa shape index (κ2) is 21.7. The quantitative estimate of drug-likeness (QED) is 0.0938. The van der Waals surface area contributed by atoms with Crippen molar-refractivity contribution in [2.45, 2.75) is 6.92 Å². The molecule has 0 radical (unpaired) electrons. The molecule has 3 aliphatic heterocycles. The Morgan fingerprint density at radius 1 is 0.232 bits per heavy atom. The molecule has 474 valence electrons. The van der Waals surface area contributed by atoms with Crippen LogP contribution in [-0.2, 0) is 13.7 Å². The molecule has 1 unspecified atom stereocenters. The van der Waals surface area contributed by atoms with Crippen LogP contribution in [-0.4, -0.2) is 0 Å². The summed E-state index contributed by atoms with van der Waals surface area (Å²) < 4.78 is 150. The van der Waals surface area contributed by atoms with Gasteiger partial charge in [0.05, 0.1) is 31.8 Å². The number of hydrogen-bond acceptors (Lipinski definition) is 6. The molecule has 6 nitrogen and oxygen atoms in total. The minimum atomic E-state index is -4.29. The number of aryl methyl sites for hydroxylation is 1. The van der Waals surface area contributed by atoms with Crippen molar-refractivity contribution in [1.29, 1.82) is 0 Å². The fourth-order valence-electron chi connectivity index (χ4n) is 15.9. The van der Waals surface area contributed by atoms with Crippen LogP contribution < -0.4 is 62.0 Å². The van der Waals surface area contributed by atoms with Gasteiger partial charge in [-0.1, -0.05) is 157 Å². The van der Waals surface area contributed by atoms with E-state index in [0.717, 1.165) is 33.0 Å². The van der Waals surface area contributed by atoms with Gasteiger partial charge < -0.3 is 27.9 Å². The molecule has 0 fully saturated rings. The fraction of sp³-hybridized carbons (Fsp3) is 0.0118. The van der Waals surface area contributed by atoms with Crippen molar-refractivity contribution in [3.8, 4) is 67.9 Å². The normalized spacial score (nSPS) is 15.3. The highest BCUT2D eigenvalue weighted by Gasteiger charge is 2.46. The van der Waals surface area contributed by atoms with Crippen molar-refractivity contribution in [2.75, 3.05) is 0 Å². The summed E-state index contributed by atoms with van der Waals surface area (Å²) in [6, 6.07) is 78.0. The first-order chi connectivity index (χ1) is 48.2. The lowest BCUT2D eigenvalue weighted by atomic mass is 9.84. The van der Waals surface area contributed by atoms with Crippen molar-refractivity contribution in [3.05, 3.63) is 308 Å². The van der Waals surface area contributed by atoms with Crippen LogP contribution in [0.3, 0.4) is 0 Å². The molecule has 0 spiro atoms. The zero-order chi connectivity index (χ0) is 67.0. The number of hydrogen-bond donors (Lipinski definition) is 0. The van der Waals surface area contributed by atoms with E-state index in [1.807, 2.05) is 171 Å². The maximum Gasteiger partial charge on any atom is 0.179 e. The second-order valence-electron chi connectivity index (χ2n) is 25.4. The lowest BCUT2D eigenvalue weighted by Crippen LogP contribution is -2.32. The van der Waals surface area contributed by atoms with Crippen LogP contribution in [0.1, 0.15) is 5.56 Å². The van der Waals surface area contributed by atoms with Crippen LogP contribution in [0, 0.1) is 36.0 Å². The van der Waals surface area contributed by atoms with Gasteiger partial charge >= 0.3 is 0 Å². The Morgan fingerprint density at radius 3 is 0.646 bits per heavy atom. The Balaban J connectivity index is 0.961. The molecular weight excluding hydrogens is 1300 g/mol. The van der Waals surface area contributed by atoms with E-state index in [-0.39, 0.29) is 55.3 Å². The molecule has 99 heavy (non-hydrogen) atoms. The van der Waals surface area contributed by atoms with E-state index < -0.39 is 50.5 Å². The lowest BCUT2D eigenvalue weighted by molar-refractivity contribution is 0.481. The van der Waals surface area contributed by atoms with Crippen LogP contribution in [0.2, 0.25) is 0 Å². The molecular formula is C85H48F5O6P3. The van der Waals surface area contributed by atoms with Crippen molar-refractivity contribution in [1.82, 2.24) is 0 Å². The number of halogens is 5. The average Bonchev–Trinajstić information content (AvgIpc) is 0.685. The van der Waals surface area contributed by atoms with E-state index >= 15 is 35.6 Å². The summed E-state index contributed by atoms with van der Waals surface area (Å²) >= 11 is 0. The summed E-state index contributed by atoms with van der Waals surface area (Å²) in [7, 11) is -12.7. The zero-order valence-electron chi connectivity index (χ0n) is 52.2. The Labute approximate surface area is 562 Å². The highest BCUT2D eigenvalue weighted by atomic mass is 31.2. The summed E-state index contributed by atoms with van der Waals surface area (Å²) in [6.07, 6.45) is 0. The van der Waals surface area contributed by atoms with Gasteiger partial charge in [0.15, 0.2) is 21.4 Å². The predicted molar refractivity (Wildman–Crippen MR) is 391 cm³/mol. The van der Waals surface area contributed by atoms with Gasteiger partial charge in [0.2, 0.25) is 0 Å². The number of fused-ring (bicyclic) bond motifs is 12. The molecule has 19 rings (SSSR count). The largest absolute Gasteiger partial charge is 0.456 e. The Morgan fingerprint density at radius 2 is 0.424 bits per heavy atom. The molecule has 0 saturated heterocycles. The van der Waals surface area contributed by atoms with Crippen LogP contribution in [0.25, 0.3) is 98.0 Å². The first-order valence-corrected chi connectivity index (χ1v) is 37.2. The van der Waals surface area contributed by atoms with Gasteiger partial charge in [-0.15, -0.1) is 0 Å². The standard InChI is InChI=1S/C85H48F5O6P3/c1-47-26-32-68-74(38-47)97(91,75-42-51(86)27-33-69(75)94-68)83-62-20-8-2-14-56(62)80(57-15-3-9-21-63(57)83)48-39-49(81-58-16-4-10-22-64(58)84(65-23-11-5-17-59(65)81)98(92)76-43-52(87)28-34-70(76)95-71-35-29-53(88)44-77(71)98)41-50(40-48)82-60-18-6-12-24-66(60)85(67-25-13-7-19-61(67)82)99(93)78-45-54(89)30-36-72(78)96-73-37-31-55(90)46-79(73)99/h2-46H,1H3.